The molecule has 10 heteroatoms. The average molecular weight is 423 g/mol. The van der Waals surface area contributed by atoms with Gasteiger partial charge in [0.1, 0.15) is 17.0 Å². The summed E-state index contributed by atoms with van der Waals surface area (Å²) in [5.74, 6) is 0.588. The Morgan fingerprint density at radius 2 is 2.31 bits per heavy atom. The molecule has 1 aliphatic rings. The van der Waals surface area contributed by atoms with E-state index in [2.05, 4.69) is 25.3 Å². The van der Waals surface area contributed by atoms with Crippen molar-refractivity contribution < 1.29 is 15.0 Å². The summed E-state index contributed by atoms with van der Waals surface area (Å²) in [6, 6.07) is 3.50. The van der Waals surface area contributed by atoms with Crippen molar-refractivity contribution >= 4 is 34.4 Å². The number of aromatic nitrogens is 4. The summed E-state index contributed by atoms with van der Waals surface area (Å²) in [6.07, 6.45) is 3.63. The molecule has 1 saturated heterocycles. The SMILES string of the molecule is C[C@]1(C(=O)NCC(F)F)CCCN1c1ccnc(-c2c[nH]c3ncc(Cl)cc23)n1.[HH]. The molecule has 1 amide bonds. The predicted octanol–water partition coefficient (Wildman–Crippen LogP) is 3.66. The van der Waals surface area contributed by atoms with Gasteiger partial charge in [0.25, 0.3) is 6.43 Å². The molecule has 3 aromatic heterocycles. The second kappa shape index (κ2) is 7.55. The van der Waals surface area contributed by atoms with E-state index in [9.17, 15) is 13.6 Å². The third kappa shape index (κ3) is 3.62. The smallest absolute Gasteiger partial charge is 0.255 e. The van der Waals surface area contributed by atoms with Crippen LogP contribution in [0.15, 0.2) is 30.7 Å². The van der Waals surface area contributed by atoms with Crippen LogP contribution in [0.3, 0.4) is 0 Å². The predicted molar refractivity (Wildman–Crippen MR) is 108 cm³/mol. The molecule has 0 aliphatic carbocycles. The quantitative estimate of drug-likeness (QED) is 0.655. The lowest BCUT2D eigenvalue weighted by Crippen LogP contribution is -2.54. The van der Waals surface area contributed by atoms with Gasteiger partial charge in [-0.15, -0.1) is 0 Å². The fourth-order valence-corrected chi connectivity index (χ4v) is 3.88. The van der Waals surface area contributed by atoms with Gasteiger partial charge in [0.05, 0.1) is 11.6 Å². The van der Waals surface area contributed by atoms with E-state index in [1.807, 2.05) is 4.90 Å². The number of aromatic amines is 1. The minimum absolute atomic E-state index is 0. The second-order valence-corrected chi connectivity index (χ2v) is 7.56. The number of carbonyl (C=O) groups excluding carboxylic acids is 1. The summed E-state index contributed by atoms with van der Waals surface area (Å²) in [7, 11) is 0. The standard InChI is InChI=1S/C19H19ClF2N6O.H2/c1-19(18(29)26-10-14(21)22)4-2-6-28(19)15-3-5-23-17(27-15)13-9-25-16-12(13)7-11(20)8-24-16;/h3,5,7-9,14H,2,4,6,10H2,1H3,(H,24,25)(H,26,29);1H/t19-;/m1./s1. The van der Waals surface area contributed by atoms with Crippen molar-refractivity contribution in [3.8, 4) is 11.4 Å². The number of hydrogen-bond donors (Lipinski definition) is 2. The fraction of sp³-hybridized carbons (Fsp3) is 0.368. The molecule has 0 radical (unpaired) electrons. The van der Waals surface area contributed by atoms with Crippen molar-refractivity contribution in [1.29, 1.82) is 0 Å². The Bertz CT molecular complexity index is 1060. The molecule has 1 aliphatic heterocycles. The van der Waals surface area contributed by atoms with Crippen molar-refractivity contribution in [1.82, 2.24) is 25.3 Å². The molecule has 154 valence electrons. The van der Waals surface area contributed by atoms with Gasteiger partial charge < -0.3 is 15.2 Å². The van der Waals surface area contributed by atoms with E-state index < -0.39 is 24.4 Å². The van der Waals surface area contributed by atoms with Crippen molar-refractivity contribution in [3.05, 3.63) is 35.7 Å². The number of pyridine rings is 1. The first-order valence-electron chi connectivity index (χ1n) is 9.18. The Morgan fingerprint density at radius 1 is 1.48 bits per heavy atom. The molecule has 1 atom stereocenters. The van der Waals surface area contributed by atoms with E-state index >= 15 is 0 Å². The maximum atomic E-state index is 12.6. The highest BCUT2D eigenvalue weighted by Crippen LogP contribution is 2.35. The molecule has 0 spiro atoms. The lowest BCUT2D eigenvalue weighted by atomic mass is 9.97. The minimum Gasteiger partial charge on any atom is -0.348 e. The zero-order chi connectivity index (χ0) is 20.6. The molecular weight excluding hydrogens is 402 g/mol. The maximum Gasteiger partial charge on any atom is 0.255 e. The number of carbonyl (C=O) groups is 1. The molecule has 0 unspecified atom stereocenters. The highest BCUT2D eigenvalue weighted by molar-refractivity contribution is 6.31. The number of fused-ring (bicyclic) bond motifs is 1. The molecular formula is C19H21ClF2N6O. The summed E-state index contributed by atoms with van der Waals surface area (Å²) in [4.78, 5) is 30.8. The van der Waals surface area contributed by atoms with Gasteiger partial charge in [0, 0.05) is 37.5 Å². The van der Waals surface area contributed by atoms with Gasteiger partial charge in [-0.25, -0.2) is 23.7 Å². The van der Waals surface area contributed by atoms with Gasteiger partial charge in [-0.2, -0.15) is 0 Å². The van der Waals surface area contributed by atoms with Crippen LogP contribution in [0.4, 0.5) is 14.6 Å². The van der Waals surface area contributed by atoms with Gasteiger partial charge >= 0.3 is 0 Å². The average Bonchev–Trinajstić information content (AvgIpc) is 3.30. The Kier molecular flexibility index (Phi) is 5.08. The third-order valence-corrected chi connectivity index (χ3v) is 5.41. The number of hydrogen-bond acceptors (Lipinski definition) is 5. The van der Waals surface area contributed by atoms with Crippen LogP contribution in [0.1, 0.15) is 21.2 Å². The number of nitrogens with zero attached hydrogens (tertiary/aromatic N) is 4. The van der Waals surface area contributed by atoms with E-state index in [0.717, 1.165) is 17.4 Å². The van der Waals surface area contributed by atoms with Crippen LogP contribution in [0.5, 0.6) is 0 Å². The van der Waals surface area contributed by atoms with Crippen molar-refractivity contribution in [2.45, 2.75) is 31.7 Å². The van der Waals surface area contributed by atoms with E-state index in [1.165, 1.54) is 0 Å². The number of alkyl halides is 2. The monoisotopic (exact) mass is 422 g/mol. The molecule has 4 heterocycles. The number of halogens is 3. The van der Waals surface area contributed by atoms with E-state index in [0.29, 0.717) is 35.3 Å². The van der Waals surface area contributed by atoms with Gasteiger partial charge in [-0.05, 0) is 31.9 Å². The van der Waals surface area contributed by atoms with Crippen molar-refractivity contribution in [3.63, 3.8) is 0 Å². The molecule has 4 rings (SSSR count). The largest absolute Gasteiger partial charge is 0.348 e. The zero-order valence-electron chi connectivity index (χ0n) is 15.6. The first kappa shape index (κ1) is 19.5. The Labute approximate surface area is 172 Å². The van der Waals surface area contributed by atoms with E-state index in [1.54, 1.807) is 37.6 Å². The van der Waals surface area contributed by atoms with Gasteiger partial charge in [0.2, 0.25) is 5.91 Å². The van der Waals surface area contributed by atoms with Crippen molar-refractivity contribution in [2.24, 2.45) is 0 Å². The summed E-state index contributed by atoms with van der Waals surface area (Å²) >= 11 is 6.07. The van der Waals surface area contributed by atoms with E-state index in [-0.39, 0.29) is 1.43 Å². The van der Waals surface area contributed by atoms with Crippen LogP contribution >= 0.6 is 11.6 Å². The number of nitrogens with one attached hydrogen (secondary N) is 2. The molecule has 3 aromatic rings. The normalized spacial score (nSPS) is 19.3. The number of amides is 1. The number of rotatable bonds is 5. The summed E-state index contributed by atoms with van der Waals surface area (Å²) in [6.45, 7) is 1.68. The van der Waals surface area contributed by atoms with Gasteiger partial charge in [-0.3, -0.25) is 4.79 Å². The van der Waals surface area contributed by atoms with Crippen molar-refractivity contribution in [2.75, 3.05) is 18.0 Å². The molecule has 0 saturated carbocycles. The van der Waals surface area contributed by atoms with Crippen LogP contribution in [-0.4, -0.2) is 50.9 Å². The third-order valence-electron chi connectivity index (χ3n) is 5.20. The highest BCUT2D eigenvalue weighted by atomic mass is 35.5. The maximum absolute atomic E-state index is 12.6. The summed E-state index contributed by atoms with van der Waals surface area (Å²) in [5, 5.41) is 3.62. The lowest BCUT2D eigenvalue weighted by Gasteiger charge is -2.34. The summed E-state index contributed by atoms with van der Waals surface area (Å²) in [5.41, 5.74) is 0.446. The Morgan fingerprint density at radius 3 is 3.10 bits per heavy atom. The van der Waals surface area contributed by atoms with Crippen LogP contribution in [0.25, 0.3) is 22.4 Å². The second-order valence-electron chi connectivity index (χ2n) is 7.12. The zero-order valence-corrected chi connectivity index (χ0v) is 16.4. The van der Waals surface area contributed by atoms with Gasteiger partial charge in [-0.1, -0.05) is 11.6 Å². The first-order chi connectivity index (χ1) is 13.9. The van der Waals surface area contributed by atoms with Gasteiger partial charge in [0.15, 0.2) is 5.82 Å². The molecule has 7 nitrogen and oxygen atoms in total. The lowest BCUT2D eigenvalue weighted by molar-refractivity contribution is -0.126. The fourth-order valence-electron chi connectivity index (χ4n) is 3.72. The molecule has 1 fully saturated rings. The first-order valence-corrected chi connectivity index (χ1v) is 9.56. The highest BCUT2D eigenvalue weighted by Gasteiger charge is 2.44. The van der Waals surface area contributed by atoms with Crippen LogP contribution in [0.2, 0.25) is 5.02 Å². The molecule has 29 heavy (non-hydrogen) atoms. The van der Waals surface area contributed by atoms with Crippen LogP contribution in [0, 0.1) is 0 Å². The van der Waals surface area contributed by atoms with E-state index in [4.69, 9.17) is 11.6 Å². The Hall–Kier alpha value is -2.81. The Balaban J connectivity index is 0.00000256. The number of H-pyrrole nitrogens is 1. The van der Waals surface area contributed by atoms with Crippen LogP contribution in [-0.2, 0) is 4.79 Å². The molecule has 0 aromatic carbocycles. The minimum atomic E-state index is -2.59. The molecule has 0 bridgehead atoms. The topological polar surface area (TPSA) is 86.8 Å². The summed E-state index contributed by atoms with van der Waals surface area (Å²) < 4.78 is 25.1. The molecule has 2 N–H and O–H groups in total. The number of anilines is 1. The van der Waals surface area contributed by atoms with Crippen LogP contribution < -0.4 is 10.2 Å².